The highest BCUT2D eigenvalue weighted by Gasteiger charge is 2.53. The average molecular weight is 320 g/mol. The number of benzene rings is 2. The van der Waals surface area contributed by atoms with Crippen molar-refractivity contribution >= 4 is 22.3 Å². The zero-order valence-corrected chi connectivity index (χ0v) is 12.9. The molecule has 4 unspecified atom stereocenters. The number of fused-ring (bicyclic) bond motifs is 3. The van der Waals surface area contributed by atoms with Gasteiger partial charge in [-0.1, -0.05) is 36.4 Å². The Labute approximate surface area is 138 Å². The average Bonchev–Trinajstić information content (AvgIpc) is 2.63. The van der Waals surface area contributed by atoms with Gasteiger partial charge in [0.15, 0.2) is 11.6 Å². The summed E-state index contributed by atoms with van der Waals surface area (Å²) in [6, 6.07) is 6.77. The van der Waals surface area contributed by atoms with E-state index >= 15 is 0 Å². The molecule has 0 aromatic heterocycles. The van der Waals surface area contributed by atoms with Gasteiger partial charge >= 0.3 is 0 Å². The maximum atomic E-state index is 13.1. The second kappa shape index (κ2) is 4.47. The van der Waals surface area contributed by atoms with Gasteiger partial charge in [-0.15, -0.1) is 0 Å². The molecule has 0 spiro atoms. The van der Waals surface area contributed by atoms with Crippen LogP contribution in [-0.2, 0) is 0 Å². The number of phenolic OH excluding ortho intramolecular Hbond substituents is 2. The van der Waals surface area contributed by atoms with Gasteiger partial charge in [0.1, 0.15) is 11.5 Å². The van der Waals surface area contributed by atoms with Crippen molar-refractivity contribution in [1.82, 2.24) is 0 Å². The number of rotatable bonds is 0. The number of Topliss-reactive ketones (excluding diaryl/α,β-unsaturated/α-hetero) is 2. The molecule has 120 valence electrons. The van der Waals surface area contributed by atoms with Crippen LogP contribution in [0, 0.1) is 23.7 Å². The highest BCUT2D eigenvalue weighted by atomic mass is 16.3. The minimum absolute atomic E-state index is 0.0124. The van der Waals surface area contributed by atoms with E-state index in [0.717, 1.165) is 12.8 Å². The minimum atomic E-state index is -0.403. The molecule has 2 N–H and O–H groups in total. The van der Waals surface area contributed by atoms with Crippen LogP contribution in [0.4, 0.5) is 0 Å². The first-order valence-electron chi connectivity index (χ1n) is 8.33. The topological polar surface area (TPSA) is 74.6 Å². The Balaban J connectivity index is 1.85. The minimum Gasteiger partial charge on any atom is -0.507 e. The molecule has 2 aromatic rings. The third kappa shape index (κ3) is 1.49. The molecule has 4 atom stereocenters. The number of carbonyl (C=O) groups is 2. The van der Waals surface area contributed by atoms with Gasteiger partial charge in [-0.05, 0) is 24.7 Å². The molecular formula is C20H16O4. The number of aromatic hydroxyl groups is 2. The van der Waals surface area contributed by atoms with Crippen LogP contribution >= 0.6 is 0 Å². The van der Waals surface area contributed by atoms with Crippen molar-refractivity contribution in [2.45, 2.75) is 12.8 Å². The van der Waals surface area contributed by atoms with Crippen molar-refractivity contribution in [2.75, 3.05) is 0 Å². The molecular weight excluding hydrogens is 304 g/mol. The number of hydrogen-bond acceptors (Lipinski definition) is 4. The fraction of sp³-hybridized carbons (Fsp3) is 0.300. The summed E-state index contributed by atoms with van der Waals surface area (Å²) in [7, 11) is 0. The standard InChI is InChI=1S/C20H16O4/c21-17-11-3-1-2-4-12(11)18(22)16-15(17)19(23)13-9-5-7-10(8-6-9)14(13)20(16)24/h1-5,7,9-10,13-14,21-22H,6,8H2. The number of carbonyl (C=O) groups excluding carboxylic acids is 2. The summed E-state index contributed by atoms with van der Waals surface area (Å²) in [6.07, 6.45) is 5.89. The molecule has 1 saturated carbocycles. The Morgan fingerprint density at radius 1 is 0.750 bits per heavy atom. The molecule has 4 heteroatoms. The van der Waals surface area contributed by atoms with Crippen molar-refractivity contribution in [3.8, 4) is 11.5 Å². The van der Waals surface area contributed by atoms with Gasteiger partial charge in [0.05, 0.1) is 11.1 Å². The quantitative estimate of drug-likeness (QED) is 0.576. The summed E-state index contributed by atoms with van der Waals surface area (Å²) in [5.74, 6) is -1.46. The van der Waals surface area contributed by atoms with E-state index in [0.29, 0.717) is 10.8 Å². The van der Waals surface area contributed by atoms with E-state index in [-0.39, 0.29) is 46.0 Å². The van der Waals surface area contributed by atoms with Gasteiger partial charge in [-0.25, -0.2) is 0 Å². The molecule has 4 nitrogen and oxygen atoms in total. The second-order valence-corrected chi connectivity index (χ2v) is 7.06. The Hall–Kier alpha value is -2.62. The van der Waals surface area contributed by atoms with Crippen molar-refractivity contribution in [1.29, 1.82) is 0 Å². The van der Waals surface area contributed by atoms with Gasteiger partial charge in [-0.2, -0.15) is 0 Å². The zero-order chi connectivity index (χ0) is 16.6. The lowest BCUT2D eigenvalue weighted by Gasteiger charge is -2.46. The third-order valence-electron chi connectivity index (χ3n) is 6.01. The van der Waals surface area contributed by atoms with Crippen LogP contribution in [0.1, 0.15) is 33.6 Å². The Morgan fingerprint density at radius 3 is 1.54 bits per heavy atom. The van der Waals surface area contributed by atoms with Crippen molar-refractivity contribution < 1.29 is 19.8 Å². The Bertz CT molecular complexity index is 879. The molecule has 2 aromatic carbocycles. The molecule has 4 aliphatic rings. The normalized spacial score (nSPS) is 30.5. The van der Waals surface area contributed by atoms with E-state index in [1.54, 1.807) is 24.3 Å². The molecule has 0 amide bonds. The Morgan fingerprint density at radius 2 is 1.17 bits per heavy atom. The van der Waals surface area contributed by atoms with Crippen LogP contribution in [0.2, 0.25) is 0 Å². The molecule has 2 bridgehead atoms. The summed E-state index contributed by atoms with van der Waals surface area (Å²) in [5, 5.41) is 22.1. The third-order valence-corrected chi connectivity index (χ3v) is 6.01. The summed E-state index contributed by atoms with van der Waals surface area (Å²) in [6.45, 7) is 0. The molecule has 24 heavy (non-hydrogen) atoms. The van der Waals surface area contributed by atoms with Crippen LogP contribution in [0.25, 0.3) is 10.8 Å². The number of phenols is 2. The Kier molecular flexibility index (Phi) is 2.57. The first-order chi connectivity index (χ1) is 11.6. The zero-order valence-electron chi connectivity index (χ0n) is 12.9. The number of ketones is 2. The van der Waals surface area contributed by atoms with Gasteiger partial charge in [0.2, 0.25) is 0 Å². The fourth-order valence-corrected chi connectivity index (χ4v) is 4.92. The summed E-state index contributed by atoms with van der Waals surface area (Å²) >= 11 is 0. The number of allylic oxidation sites excluding steroid dienone is 2. The summed E-state index contributed by atoms with van der Waals surface area (Å²) in [5.41, 5.74) is 0.0248. The van der Waals surface area contributed by atoms with E-state index < -0.39 is 11.8 Å². The van der Waals surface area contributed by atoms with Crippen LogP contribution in [0.3, 0.4) is 0 Å². The predicted molar refractivity (Wildman–Crippen MR) is 88.3 cm³/mol. The van der Waals surface area contributed by atoms with Gasteiger partial charge < -0.3 is 10.2 Å². The van der Waals surface area contributed by atoms with Crippen LogP contribution < -0.4 is 0 Å². The van der Waals surface area contributed by atoms with E-state index in [1.165, 1.54) is 0 Å². The van der Waals surface area contributed by atoms with Crippen molar-refractivity contribution in [3.05, 3.63) is 47.5 Å². The summed E-state index contributed by atoms with van der Waals surface area (Å²) < 4.78 is 0. The second-order valence-electron chi connectivity index (χ2n) is 7.06. The molecule has 0 saturated heterocycles. The molecule has 0 heterocycles. The largest absolute Gasteiger partial charge is 0.507 e. The maximum Gasteiger partial charge on any atom is 0.171 e. The van der Waals surface area contributed by atoms with E-state index in [4.69, 9.17) is 0 Å². The van der Waals surface area contributed by atoms with Crippen molar-refractivity contribution in [3.63, 3.8) is 0 Å². The SMILES string of the molecule is O=C1c2c(c(O)c3ccccc3c2O)C(=O)C2C3C=CC(CC3)C12. The molecule has 1 fully saturated rings. The highest BCUT2D eigenvalue weighted by molar-refractivity contribution is 6.23. The van der Waals surface area contributed by atoms with Crippen molar-refractivity contribution in [2.24, 2.45) is 23.7 Å². The van der Waals surface area contributed by atoms with Gasteiger partial charge in [0.25, 0.3) is 0 Å². The lowest BCUT2D eigenvalue weighted by molar-refractivity contribution is 0.0515. The molecule has 0 aliphatic heterocycles. The molecule has 6 rings (SSSR count). The lowest BCUT2D eigenvalue weighted by atomic mass is 9.55. The van der Waals surface area contributed by atoms with E-state index in [9.17, 15) is 19.8 Å². The molecule has 0 radical (unpaired) electrons. The van der Waals surface area contributed by atoms with Gasteiger partial charge in [-0.3, -0.25) is 9.59 Å². The first-order valence-corrected chi connectivity index (χ1v) is 8.33. The monoisotopic (exact) mass is 320 g/mol. The van der Waals surface area contributed by atoms with Crippen LogP contribution in [0.5, 0.6) is 11.5 Å². The summed E-state index contributed by atoms with van der Waals surface area (Å²) in [4.78, 5) is 26.3. The first kappa shape index (κ1) is 13.8. The highest BCUT2D eigenvalue weighted by Crippen LogP contribution is 2.53. The van der Waals surface area contributed by atoms with Crippen LogP contribution in [-0.4, -0.2) is 21.8 Å². The van der Waals surface area contributed by atoms with Crippen LogP contribution in [0.15, 0.2) is 36.4 Å². The van der Waals surface area contributed by atoms with E-state index in [1.807, 2.05) is 12.2 Å². The fourth-order valence-electron chi connectivity index (χ4n) is 4.92. The van der Waals surface area contributed by atoms with Gasteiger partial charge in [0, 0.05) is 22.6 Å². The molecule has 4 aliphatic carbocycles. The smallest absolute Gasteiger partial charge is 0.171 e. The van der Waals surface area contributed by atoms with E-state index in [2.05, 4.69) is 0 Å². The number of hydrogen-bond donors (Lipinski definition) is 2. The maximum absolute atomic E-state index is 13.1. The predicted octanol–water partition coefficient (Wildman–Crippen LogP) is 3.46. The lowest BCUT2D eigenvalue weighted by Crippen LogP contribution is -2.48.